The Hall–Kier alpha value is -8.37. The first kappa shape index (κ1) is 51.5. The molecule has 3 aromatic heterocycles. The van der Waals surface area contributed by atoms with E-state index in [2.05, 4.69) is 46.5 Å². The van der Waals surface area contributed by atoms with Gasteiger partial charge in [0.15, 0.2) is 0 Å². The first-order valence-electron chi connectivity index (χ1n) is 22.1. The molecule has 3 amide bonds. The minimum absolute atomic E-state index is 0.138. The zero-order valence-corrected chi connectivity index (χ0v) is 41.4. The summed E-state index contributed by atoms with van der Waals surface area (Å²) in [6.07, 6.45) is 10.9. The van der Waals surface area contributed by atoms with Gasteiger partial charge < -0.3 is 30.2 Å². The summed E-state index contributed by atoms with van der Waals surface area (Å²) in [6.45, 7) is 0.352. The maximum atomic E-state index is 12.5. The fraction of sp³-hybridized carbons (Fsp3) is 0.111. The van der Waals surface area contributed by atoms with Gasteiger partial charge in [0.1, 0.15) is 17.2 Å². The fourth-order valence-electron chi connectivity index (χ4n) is 7.20. The van der Waals surface area contributed by atoms with Crippen LogP contribution >= 0.6 is 34.8 Å². The number of aromatic amines is 3. The summed E-state index contributed by atoms with van der Waals surface area (Å²) >= 11 is 18.3. The van der Waals surface area contributed by atoms with E-state index in [4.69, 9.17) is 49.0 Å². The standard InChI is InChI=1S/3C18H16ClN3O2/c1-24-17-8-12(14-10-21-22-11-14)6-7-15(17)18(23)20-9-13-4-2-3-5-16(13)19;1-24-17-8-12(14-10-20-21-11-14)6-7-16(17)22-18(23)9-13-4-2-3-5-15(13)19;1-24-17-9-14(6-7-15(17)13-10-20-21-11-13)22-18(23)8-12-4-2-3-5-16(12)19/h2-8,10-11H,9H2,1H3,(H,20,23)(H,21,22);2-8,10-11H,9H2,1H3,(H,20,21)(H,22,23);2-7,9-11H,8H2,1H3,(H,20,21)(H,22,23). The van der Waals surface area contributed by atoms with Gasteiger partial charge in [-0.2, -0.15) is 15.3 Å². The molecule has 0 spiro atoms. The van der Waals surface area contributed by atoms with Crippen LogP contribution in [0, 0.1) is 0 Å². The number of carbonyl (C=O) groups excluding carboxylic acids is 3. The molecule has 9 rings (SSSR count). The van der Waals surface area contributed by atoms with Gasteiger partial charge in [0.05, 0.1) is 64.0 Å². The Morgan fingerprint density at radius 3 is 1.50 bits per heavy atom. The van der Waals surface area contributed by atoms with Crippen molar-refractivity contribution < 1.29 is 28.6 Å². The highest BCUT2D eigenvalue weighted by atomic mass is 35.5. The normalized spacial score (nSPS) is 10.4. The van der Waals surface area contributed by atoms with Crippen molar-refractivity contribution in [2.45, 2.75) is 19.4 Å². The van der Waals surface area contributed by atoms with Crippen LogP contribution in [0.25, 0.3) is 33.4 Å². The van der Waals surface area contributed by atoms with E-state index < -0.39 is 0 Å². The lowest BCUT2D eigenvalue weighted by Gasteiger charge is -2.12. The van der Waals surface area contributed by atoms with Crippen LogP contribution in [0.15, 0.2) is 165 Å². The van der Waals surface area contributed by atoms with Gasteiger partial charge in [-0.15, -0.1) is 0 Å². The number of hydrogen-bond donors (Lipinski definition) is 6. The summed E-state index contributed by atoms with van der Waals surface area (Å²) in [5.74, 6) is 1.24. The molecule has 18 heteroatoms. The van der Waals surface area contributed by atoms with Crippen molar-refractivity contribution in [1.29, 1.82) is 0 Å². The van der Waals surface area contributed by atoms with E-state index in [1.165, 1.54) is 0 Å². The van der Waals surface area contributed by atoms with Crippen LogP contribution in [-0.4, -0.2) is 69.6 Å². The van der Waals surface area contributed by atoms with Crippen molar-refractivity contribution in [3.63, 3.8) is 0 Å². The zero-order valence-electron chi connectivity index (χ0n) is 39.1. The Morgan fingerprint density at radius 2 is 0.986 bits per heavy atom. The van der Waals surface area contributed by atoms with E-state index in [-0.39, 0.29) is 30.6 Å². The van der Waals surface area contributed by atoms with Gasteiger partial charge in [-0.05, 0) is 82.4 Å². The molecule has 366 valence electrons. The molecule has 0 bridgehead atoms. The number of halogens is 3. The number of methoxy groups -OCH3 is 3. The van der Waals surface area contributed by atoms with E-state index in [0.717, 1.165) is 50.1 Å². The maximum absolute atomic E-state index is 12.5. The second-order valence-corrected chi connectivity index (χ2v) is 16.8. The monoisotopic (exact) mass is 1020 g/mol. The first-order chi connectivity index (χ1) is 35.0. The number of nitrogens with zero attached hydrogens (tertiary/aromatic N) is 3. The predicted molar refractivity (Wildman–Crippen MR) is 282 cm³/mol. The fourth-order valence-corrected chi connectivity index (χ4v) is 7.80. The summed E-state index contributed by atoms with van der Waals surface area (Å²) in [4.78, 5) is 37.0. The molecule has 0 saturated heterocycles. The number of anilines is 2. The molecule has 3 heterocycles. The van der Waals surface area contributed by atoms with Crippen LogP contribution in [-0.2, 0) is 29.0 Å². The number of carbonyl (C=O) groups is 3. The van der Waals surface area contributed by atoms with Crippen molar-refractivity contribution in [1.82, 2.24) is 35.9 Å². The quantitative estimate of drug-likeness (QED) is 0.0578. The van der Waals surface area contributed by atoms with Gasteiger partial charge in [0.25, 0.3) is 5.91 Å². The zero-order chi connectivity index (χ0) is 50.8. The van der Waals surface area contributed by atoms with Crippen LogP contribution < -0.4 is 30.2 Å². The lowest BCUT2D eigenvalue weighted by molar-refractivity contribution is -0.116. The molecule has 0 aliphatic heterocycles. The largest absolute Gasteiger partial charge is 0.496 e. The van der Waals surface area contributed by atoms with Gasteiger partial charge in [-0.3, -0.25) is 29.7 Å². The van der Waals surface area contributed by atoms with Crippen LogP contribution in [0.5, 0.6) is 17.2 Å². The van der Waals surface area contributed by atoms with Gasteiger partial charge >= 0.3 is 0 Å². The summed E-state index contributed by atoms with van der Waals surface area (Å²) < 4.78 is 16.2. The van der Waals surface area contributed by atoms with Crippen LogP contribution in [0.4, 0.5) is 11.4 Å². The molecule has 0 saturated carbocycles. The van der Waals surface area contributed by atoms with Crippen molar-refractivity contribution in [2.75, 3.05) is 32.0 Å². The third kappa shape index (κ3) is 13.9. The predicted octanol–water partition coefficient (Wildman–Crippen LogP) is 11.5. The molecule has 6 N–H and O–H groups in total. The lowest BCUT2D eigenvalue weighted by atomic mass is 10.1. The number of ether oxygens (including phenoxy) is 3. The Kier molecular flexibility index (Phi) is 18.2. The van der Waals surface area contributed by atoms with Crippen molar-refractivity contribution in [2.24, 2.45) is 0 Å². The van der Waals surface area contributed by atoms with Crippen molar-refractivity contribution >= 4 is 63.9 Å². The second-order valence-electron chi connectivity index (χ2n) is 15.6. The molecule has 0 fully saturated rings. The number of aromatic nitrogens is 6. The minimum Gasteiger partial charge on any atom is -0.496 e. The summed E-state index contributed by atoms with van der Waals surface area (Å²) in [5, 5.41) is 30.5. The molecule has 72 heavy (non-hydrogen) atoms. The van der Waals surface area contributed by atoms with Gasteiger partial charge in [0, 0.05) is 74.2 Å². The van der Waals surface area contributed by atoms with Gasteiger partial charge in [-0.1, -0.05) is 102 Å². The van der Waals surface area contributed by atoms with Crippen LogP contribution in [0.2, 0.25) is 15.1 Å². The van der Waals surface area contributed by atoms with E-state index in [1.54, 1.807) is 88.8 Å². The molecule has 0 aliphatic rings. The van der Waals surface area contributed by atoms with Gasteiger partial charge in [-0.25, -0.2) is 0 Å². The van der Waals surface area contributed by atoms with E-state index in [1.807, 2.05) is 97.1 Å². The molecule has 0 unspecified atom stereocenters. The van der Waals surface area contributed by atoms with Crippen molar-refractivity contribution in [3.05, 3.63) is 202 Å². The molecular formula is C54H48Cl3N9O6. The first-order valence-corrected chi connectivity index (χ1v) is 23.3. The Bertz CT molecular complexity index is 3220. The molecule has 15 nitrogen and oxygen atoms in total. The summed E-state index contributed by atoms with van der Waals surface area (Å²) in [7, 11) is 4.70. The third-order valence-corrected chi connectivity index (χ3v) is 12.0. The van der Waals surface area contributed by atoms with E-state index in [0.29, 0.717) is 55.8 Å². The number of hydrogen-bond acceptors (Lipinski definition) is 9. The van der Waals surface area contributed by atoms with Gasteiger partial charge in [0.2, 0.25) is 11.8 Å². The molecule has 0 aliphatic carbocycles. The topological polar surface area (TPSA) is 201 Å². The van der Waals surface area contributed by atoms with Crippen LogP contribution in [0.1, 0.15) is 27.0 Å². The average Bonchev–Trinajstić information content (AvgIpc) is 4.24. The molecule has 6 aromatic carbocycles. The Labute approximate surface area is 430 Å². The highest BCUT2D eigenvalue weighted by Gasteiger charge is 2.16. The highest BCUT2D eigenvalue weighted by Crippen LogP contribution is 2.33. The molecule has 9 aromatic rings. The van der Waals surface area contributed by atoms with E-state index in [9.17, 15) is 14.4 Å². The second kappa shape index (κ2) is 25.5. The molecule has 0 atom stereocenters. The average molecular weight is 1030 g/mol. The number of nitrogens with one attached hydrogen (secondary N) is 6. The van der Waals surface area contributed by atoms with Crippen LogP contribution in [0.3, 0.4) is 0 Å². The Balaban J connectivity index is 0.000000158. The van der Waals surface area contributed by atoms with Crippen molar-refractivity contribution in [3.8, 4) is 50.6 Å². The lowest BCUT2D eigenvalue weighted by Crippen LogP contribution is -2.23. The Morgan fingerprint density at radius 1 is 0.500 bits per heavy atom. The number of rotatable bonds is 15. The minimum atomic E-state index is -0.217. The highest BCUT2D eigenvalue weighted by molar-refractivity contribution is 6.32. The van der Waals surface area contributed by atoms with E-state index >= 15 is 0 Å². The number of H-pyrrole nitrogens is 3. The third-order valence-electron chi connectivity index (χ3n) is 10.9. The summed E-state index contributed by atoms with van der Waals surface area (Å²) in [6, 6.07) is 38.5. The number of amides is 3. The molecule has 0 radical (unpaired) electrons. The SMILES string of the molecule is COc1cc(-c2cn[nH]c2)ccc1C(=O)NCc1ccccc1Cl.COc1cc(-c2cn[nH]c2)ccc1NC(=O)Cc1ccccc1Cl.COc1cc(NC(=O)Cc2ccccc2Cl)ccc1-c1cn[nH]c1. The maximum Gasteiger partial charge on any atom is 0.255 e. The molecular weight excluding hydrogens is 977 g/mol. The number of benzene rings is 6. The smallest absolute Gasteiger partial charge is 0.255 e. The summed E-state index contributed by atoms with van der Waals surface area (Å²) in [5.41, 5.74) is 9.74.